The van der Waals surface area contributed by atoms with Crippen LogP contribution in [0.25, 0.3) is 0 Å². The first-order valence-corrected chi connectivity index (χ1v) is 5.40. The molecule has 0 saturated heterocycles. The minimum absolute atomic E-state index is 0.0787. The third kappa shape index (κ3) is 2.60. The number of rotatable bonds is 5. The standard InChI is InChI=1S/C12H11N3O3/c16-9-12-13-6-8-14(12)7-5-10-1-3-11(4-2-10)15(17)18/h1-4,6,8-9H,5,7H2. The number of nitrogens with zero attached hydrogens (tertiary/aromatic N) is 3. The van der Waals surface area contributed by atoms with Crippen LogP contribution in [0, 0.1) is 10.1 Å². The first-order valence-electron chi connectivity index (χ1n) is 5.40. The highest BCUT2D eigenvalue weighted by Crippen LogP contribution is 2.12. The van der Waals surface area contributed by atoms with Crippen LogP contribution >= 0.6 is 0 Å². The van der Waals surface area contributed by atoms with Crippen molar-refractivity contribution in [1.82, 2.24) is 9.55 Å². The van der Waals surface area contributed by atoms with E-state index in [2.05, 4.69) is 4.98 Å². The van der Waals surface area contributed by atoms with Crippen molar-refractivity contribution in [3.8, 4) is 0 Å². The van der Waals surface area contributed by atoms with Gasteiger partial charge in [0.15, 0.2) is 12.1 Å². The Labute approximate surface area is 103 Å². The van der Waals surface area contributed by atoms with Crippen LogP contribution in [0.1, 0.15) is 16.2 Å². The van der Waals surface area contributed by atoms with Gasteiger partial charge in [0.2, 0.25) is 0 Å². The molecule has 0 radical (unpaired) electrons. The van der Waals surface area contributed by atoms with E-state index in [9.17, 15) is 14.9 Å². The summed E-state index contributed by atoms with van der Waals surface area (Å²) in [5.74, 6) is 0.386. The number of aryl methyl sites for hydroxylation is 2. The number of nitro benzene ring substituents is 1. The van der Waals surface area contributed by atoms with Crippen LogP contribution in [0.3, 0.4) is 0 Å². The van der Waals surface area contributed by atoms with Gasteiger partial charge in [0.05, 0.1) is 4.92 Å². The topological polar surface area (TPSA) is 78.0 Å². The maximum atomic E-state index is 10.7. The molecule has 2 aromatic rings. The molecule has 1 aromatic carbocycles. The quantitative estimate of drug-likeness (QED) is 0.457. The predicted molar refractivity (Wildman–Crippen MR) is 64.4 cm³/mol. The lowest BCUT2D eigenvalue weighted by Crippen LogP contribution is -2.04. The van der Waals surface area contributed by atoms with Gasteiger partial charge in [-0.15, -0.1) is 0 Å². The van der Waals surface area contributed by atoms with Crippen LogP contribution < -0.4 is 0 Å². The lowest BCUT2D eigenvalue weighted by molar-refractivity contribution is -0.384. The zero-order chi connectivity index (χ0) is 13.0. The molecule has 0 bridgehead atoms. The van der Waals surface area contributed by atoms with E-state index in [0.717, 1.165) is 5.56 Å². The molecule has 0 atom stereocenters. The molecule has 0 aliphatic heterocycles. The Morgan fingerprint density at radius 2 is 2.06 bits per heavy atom. The summed E-state index contributed by atoms with van der Waals surface area (Å²) in [6.45, 7) is 0.617. The van der Waals surface area contributed by atoms with Gasteiger partial charge in [-0.25, -0.2) is 4.98 Å². The highest BCUT2D eigenvalue weighted by molar-refractivity contribution is 5.69. The number of nitro groups is 1. The Bertz CT molecular complexity index is 560. The van der Waals surface area contributed by atoms with Crippen molar-refractivity contribution < 1.29 is 9.72 Å². The molecule has 6 heteroatoms. The van der Waals surface area contributed by atoms with Crippen molar-refractivity contribution >= 4 is 12.0 Å². The number of aldehydes is 1. The number of carbonyl (C=O) groups excluding carboxylic acids is 1. The predicted octanol–water partition coefficient (Wildman–Crippen LogP) is 1.85. The van der Waals surface area contributed by atoms with Gasteiger partial charge in [0, 0.05) is 31.1 Å². The maximum Gasteiger partial charge on any atom is 0.269 e. The number of carbonyl (C=O) groups is 1. The molecule has 92 valence electrons. The highest BCUT2D eigenvalue weighted by atomic mass is 16.6. The molecule has 0 saturated carbocycles. The van der Waals surface area contributed by atoms with Crippen LogP contribution in [0.5, 0.6) is 0 Å². The monoisotopic (exact) mass is 245 g/mol. The lowest BCUT2D eigenvalue weighted by Gasteiger charge is -2.04. The molecule has 0 aliphatic rings. The van der Waals surface area contributed by atoms with Gasteiger partial charge in [-0.2, -0.15) is 0 Å². The van der Waals surface area contributed by atoms with Gasteiger partial charge >= 0.3 is 0 Å². The van der Waals surface area contributed by atoms with E-state index in [-0.39, 0.29) is 5.69 Å². The van der Waals surface area contributed by atoms with Crippen molar-refractivity contribution in [3.05, 3.63) is 58.2 Å². The second-order valence-corrected chi connectivity index (χ2v) is 3.77. The van der Waals surface area contributed by atoms with Crippen LogP contribution in [0.4, 0.5) is 5.69 Å². The Hall–Kier alpha value is -2.50. The van der Waals surface area contributed by atoms with E-state index in [1.807, 2.05) is 0 Å². The lowest BCUT2D eigenvalue weighted by atomic mass is 10.1. The number of benzene rings is 1. The molecule has 0 spiro atoms. The van der Waals surface area contributed by atoms with Gasteiger partial charge in [-0.05, 0) is 12.0 Å². The Kier molecular flexibility index (Phi) is 3.47. The summed E-state index contributed by atoms with van der Waals surface area (Å²) in [5, 5.41) is 10.5. The number of non-ortho nitro benzene ring substituents is 1. The summed E-state index contributed by atoms with van der Waals surface area (Å²) < 4.78 is 1.74. The van der Waals surface area contributed by atoms with Gasteiger partial charge < -0.3 is 4.57 Å². The van der Waals surface area contributed by atoms with Gasteiger partial charge in [0.1, 0.15) is 0 Å². The summed E-state index contributed by atoms with van der Waals surface area (Å²) >= 11 is 0. The summed E-state index contributed by atoms with van der Waals surface area (Å²) in [6.07, 6.45) is 4.69. The van der Waals surface area contributed by atoms with E-state index in [1.54, 1.807) is 29.1 Å². The molecule has 0 N–H and O–H groups in total. The molecular formula is C12H11N3O3. The molecule has 6 nitrogen and oxygen atoms in total. The van der Waals surface area contributed by atoms with Crippen LogP contribution in [0.15, 0.2) is 36.7 Å². The van der Waals surface area contributed by atoms with Gasteiger partial charge in [-0.3, -0.25) is 14.9 Å². The smallest absolute Gasteiger partial charge is 0.269 e. The minimum atomic E-state index is -0.426. The first-order chi connectivity index (χ1) is 8.70. The van der Waals surface area contributed by atoms with Gasteiger partial charge in [-0.1, -0.05) is 12.1 Å². The number of hydrogen-bond acceptors (Lipinski definition) is 4. The second-order valence-electron chi connectivity index (χ2n) is 3.77. The van der Waals surface area contributed by atoms with E-state index >= 15 is 0 Å². The van der Waals surface area contributed by atoms with E-state index in [1.165, 1.54) is 12.1 Å². The Morgan fingerprint density at radius 3 is 2.67 bits per heavy atom. The van der Waals surface area contributed by atoms with Crippen molar-refractivity contribution in [1.29, 1.82) is 0 Å². The van der Waals surface area contributed by atoms with Crippen molar-refractivity contribution in [2.24, 2.45) is 0 Å². The highest BCUT2D eigenvalue weighted by Gasteiger charge is 2.05. The fraction of sp³-hybridized carbons (Fsp3) is 0.167. The number of imidazole rings is 1. The number of aromatic nitrogens is 2. The van der Waals surface area contributed by atoms with Crippen molar-refractivity contribution in [2.45, 2.75) is 13.0 Å². The average molecular weight is 245 g/mol. The molecular weight excluding hydrogens is 234 g/mol. The molecule has 1 heterocycles. The van der Waals surface area contributed by atoms with Crippen LogP contribution in [-0.2, 0) is 13.0 Å². The molecule has 1 aromatic heterocycles. The van der Waals surface area contributed by atoms with Crippen molar-refractivity contribution in [3.63, 3.8) is 0 Å². The Morgan fingerprint density at radius 1 is 1.33 bits per heavy atom. The fourth-order valence-corrected chi connectivity index (χ4v) is 1.66. The molecule has 0 unspecified atom stereocenters. The van der Waals surface area contributed by atoms with E-state index < -0.39 is 4.92 Å². The average Bonchev–Trinajstić information content (AvgIpc) is 2.84. The Balaban J connectivity index is 2.02. The normalized spacial score (nSPS) is 10.2. The minimum Gasteiger partial charge on any atom is -0.328 e. The summed E-state index contributed by atoms with van der Waals surface area (Å²) in [5.41, 5.74) is 1.06. The van der Waals surface area contributed by atoms with E-state index in [4.69, 9.17) is 0 Å². The summed E-state index contributed by atoms with van der Waals surface area (Å²) in [4.78, 5) is 24.6. The SMILES string of the molecule is O=Cc1nccn1CCc1ccc([N+](=O)[O-])cc1. The van der Waals surface area contributed by atoms with Gasteiger partial charge in [0.25, 0.3) is 5.69 Å². The largest absolute Gasteiger partial charge is 0.328 e. The zero-order valence-corrected chi connectivity index (χ0v) is 9.52. The first kappa shape index (κ1) is 12.0. The molecule has 0 fully saturated rings. The van der Waals surface area contributed by atoms with Crippen LogP contribution in [0.2, 0.25) is 0 Å². The third-order valence-electron chi connectivity index (χ3n) is 2.64. The zero-order valence-electron chi connectivity index (χ0n) is 9.52. The number of hydrogen-bond donors (Lipinski definition) is 0. The van der Waals surface area contributed by atoms with E-state index in [0.29, 0.717) is 25.1 Å². The second kappa shape index (κ2) is 5.22. The molecule has 0 aliphatic carbocycles. The molecule has 0 amide bonds. The third-order valence-corrected chi connectivity index (χ3v) is 2.64. The summed E-state index contributed by atoms with van der Waals surface area (Å²) in [7, 11) is 0. The summed E-state index contributed by atoms with van der Waals surface area (Å²) in [6, 6.07) is 6.39. The maximum absolute atomic E-state index is 10.7. The molecule has 2 rings (SSSR count). The van der Waals surface area contributed by atoms with Crippen LogP contribution in [-0.4, -0.2) is 20.8 Å². The van der Waals surface area contributed by atoms with Crippen molar-refractivity contribution in [2.75, 3.05) is 0 Å². The molecule has 18 heavy (non-hydrogen) atoms. The fourth-order valence-electron chi connectivity index (χ4n) is 1.66.